The first-order valence-corrected chi connectivity index (χ1v) is 10.2. The van der Waals surface area contributed by atoms with Gasteiger partial charge in [-0.25, -0.2) is 4.79 Å². The van der Waals surface area contributed by atoms with E-state index in [1.165, 1.54) is 4.90 Å². The number of amides is 1. The van der Waals surface area contributed by atoms with Crippen molar-refractivity contribution in [1.82, 2.24) is 4.90 Å². The molecule has 2 heterocycles. The van der Waals surface area contributed by atoms with Crippen LogP contribution in [-0.4, -0.2) is 47.2 Å². The maximum atomic E-state index is 12.7. The second kappa shape index (κ2) is 8.61. The number of aliphatic carboxylic acids is 1. The lowest BCUT2D eigenvalue weighted by Crippen LogP contribution is -2.41. The molecule has 6 heteroatoms. The SMILES string of the molecule is CC1OC(C(=O)N2CCC[C@H]2C(=O)O)=CC1COc1ccc(-c2ccccc2)cc1. The number of carboxylic acid groups (broad SMARTS) is 1. The summed E-state index contributed by atoms with van der Waals surface area (Å²) in [6.07, 6.45) is 2.73. The molecule has 0 aliphatic carbocycles. The molecule has 2 aromatic carbocycles. The van der Waals surface area contributed by atoms with Gasteiger partial charge in [0.15, 0.2) is 5.76 Å². The van der Waals surface area contributed by atoms with Crippen LogP contribution in [0.2, 0.25) is 0 Å². The van der Waals surface area contributed by atoms with E-state index in [-0.39, 0.29) is 23.7 Å². The molecule has 0 radical (unpaired) electrons. The quantitative estimate of drug-likeness (QED) is 0.790. The third-order valence-corrected chi connectivity index (χ3v) is 5.69. The summed E-state index contributed by atoms with van der Waals surface area (Å²) in [6.45, 7) is 2.72. The van der Waals surface area contributed by atoms with Crippen molar-refractivity contribution in [2.45, 2.75) is 31.9 Å². The first kappa shape index (κ1) is 20.0. The fourth-order valence-corrected chi connectivity index (χ4v) is 3.94. The van der Waals surface area contributed by atoms with Crippen LogP contribution >= 0.6 is 0 Å². The molecule has 4 rings (SSSR count). The lowest BCUT2D eigenvalue weighted by Gasteiger charge is -2.22. The molecule has 3 atom stereocenters. The van der Waals surface area contributed by atoms with Crippen LogP contribution in [0.25, 0.3) is 11.1 Å². The van der Waals surface area contributed by atoms with Crippen molar-refractivity contribution < 1.29 is 24.2 Å². The molecule has 0 bridgehead atoms. The zero-order valence-corrected chi connectivity index (χ0v) is 16.9. The average Bonchev–Trinajstić information content (AvgIpc) is 3.40. The van der Waals surface area contributed by atoms with Crippen LogP contribution in [0.4, 0.5) is 0 Å². The standard InChI is InChI=1S/C24H25NO5/c1-16-19(14-22(30-16)23(26)25-13-5-8-21(25)24(27)28)15-29-20-11-9-18(10-12-20)17-6-3-2-4-7-17/h2-4,6-7,9-12,14,16,19,21H,5,8,13,15H2,1H3,(H,27,28)/t16?,19?,21-/m0/s1. The Balaban J connectivity index is 1.37. The van der Waals surface area contributed by atoms with Gasteiger partial charge in [0.25, 0.3) is 5.91 Å². The molecule has 1 N–H and O–H groups in total. The Morgan fingerprint density at radius 3 is 2.50 bits per heavy atom. The van der Waals surface area contributed by atoms with Crippen LogP contribution in [0, 0.1) is 5.92 Å². The Bertz CT molecular complexity index is 938. The number of likely N-dealkylation sites (tertiary alicyclic amines) is 1. The van der Waals surface area contributed by atoms with E-state index in [1.54, 1.807) is 6.08 Å². The zero-order chi connectivity index (χ0) is 21.1. The van der Waals surface area contributed by atoms with Crippen molar-refractivity contribution in [3.63, 3.8) is 0 Å². The smallest absolute Gasteiger partial charge is 0.326 e. The van der Waals surface area contributed by atoms with Gasteiger partial charge in [-0.3, -0.25) is 4.79 Å². The number of hydrogen-bond donors (Lipinski definition) is 1. The molecule has 1 amide bonds. The summed E-state index contributed by atoms with van der Waals surface area (Å²) in [5.41, 5.74) is 2.27. The largest absolute Gasteiger partial charge is 0.493 e. The lowest BCUT2D eigenvalue weighted by molar-refractivity contribution is -0.148. The normalized spacial score (nSPS) is 23.0. The number of benzene rings is 2. The van der Waals surface area contributed by atoms with Gasteiger partial charge in [0, 0.05) is 6.54 Å². The highest BCUT2D eigenvalue weighted by molar-refractivity contribution is 5.95. The minimum atomic E-state index is -0.966. The summed E-state index contributed by atoms with van der Waals surface area (Å²) in [7, 11) is 0. The number of ether oxygens (including phenoxy) is 2. The van der Waals surface area contributed by atoms with Gasteiger partial charge in [-0.05, 0) is 49.1 Å². The molecule has 1 saturated heterocycles. The third kappa shape index (κ3) is 4.17. The number of carbonyl (C=O) groups is 2. The molecular formula is C24H25NO5. The van der Waals surface area contributed by atoms with Crippen LogP contribution in [0.5, 0.6) is 5.75 Å². The summed E-state index contributed by atoms with van der Waals surface area (Å²) in [4.78, 5) is 25.5. The van der Waals surface area contributed by atoms with E-state index in [0.717, 1.165) is 16.9 Å². The first-order valence-electron chi connectivity index (χ1n) is 10.2. The first-order chi connectivity index (χ1) is 14.5. The molecule has 0 spiro atoms. The van der Waals surface area contributed by atoms with Gasteiger partial charge >= 0.3 is 5.97 Å². The molecule has 1 fully saturated rings. The minimum absolute atomic E-state index is 0.0800. The number of rotatable bonds is 6. The number of nitrogens with zero attached hydrogens (tertiary/aromatic N) is 1. The fourth-order valence-electron chi connectivity index (χ4n) is 3.94. The van der Waals surface area contributed by atoms with Crippen LogP contribution in [0.1, 0.15) is 19.8 Å². The topological polar surface area (TPSA) is 76.1 Å². The molecule has 0 saturated carbocycles. The van der Waals surface area contributed by atoms with E-state index in [1.807, 2.05) is 49.4 Å². The van der Waals surface area contributed by atoms with E-state index in [4.69, 9.17) is 9.47 Å². The molecule has 0 aromatic heterocycles. The van der Waals surface area contributed by atoms with E-state index in [9.17, 15) is 14.7 Å². The predicted molar refractivity (Wildman–Crippen MR) is 112 cm³/mol. The Labute approximate surface area is 175 Å². The number of carbonyl (C=O) groups excluding carboxylic acids is 1. The van der Waals surface area contributed by atoms with Crippen molar-refractivity contribution in [2.24, 2.45) is 5.92 Å². The monoisotopic (exact) mass is 407 g/mol. The van der Waals surface area contributed by atoms with Gasteiger partial charge in [0.1, 0.15) is 17.9 Å². The van der Waals surface area contributed by atoms with E-state index >= 15 is 0 Å². The van der Waals surface area contributed by atoms with Crippen molar-refractivity contribution in [3.8, 4) is 16.9 Å². The van der Waals surface area contributed by atoms with Crippen molar-refractivity contribution >= 4 is 11.9 Å². The molecule has 2 aromatic rings. The Kier molecular flexibility index (Phi) is 5.74. The molecule has 30 heavy (non-hydrogen) atoms. The zero-order valence-electron chi connectivity index (χ0n) is 16.9. The van der Waals surface area contributed by atoms with Gasteiger partial charge in [0.2, 0.25) is 0 Å². The highest BCUT2D eigenvalue weighted by atomic mass is 16.5. The lowest BCUT2D eigenvalue weighted by atomic mass is 10.1. The molecule has 156 valence electrons. The Morgan fingerprint density at radius 1 is 1.10 bits per heavy atom. The van der Waals surface area contributed by atoms with Gasteiger partial charge < -0.3 is 19.5 Å². The third-order valence-electron chi connectivity index (χ3n) is 5.69. The van der Waals surface area contributed by atoms with Crippen LogP contribution in [0.3, 0.4) is 0 Å². The molecule has 2 aliphatic rings. The fraction of sp³-hybridized carbons (Fsp3) is 0.333. The summed E-state index contributed by atoms with van der Waals surface area (Å²) in [5.74, 6) is -0.416. The van der Waals surface area contributed by atoms with Gasteiger partial charge in [-0.1, -0.05) is 42.5 Å². The minimum Gasteiger partial charge on any atom is -0.493 e. The molecule has 2 unspecified atom stereocenters. The van der Waals surface area contributed by atoms with Crippen molar-refractivity contribution in [2.75, 3.05) is 13.2 Å². The van der Waals surface area contributed by atoms with Crippen LogP contribution in [-0.2, 0) is 14.3 Å². The van der Waals surface area contributed by atoms with Crippen LogP contribution < -0.4 is 4.74 Å². The van der Waals surface area contributed by atoms with Crippen LogP contribution in [0.15, 0.2) is 66.4 Å². The summed E-state index contributed by atoms with van der Waals surface area (Å²) in [5, 5.41) is 9.31. The van der Waals surface area contributed by atoms with Gasteiger partial charge in [-0.2, -0.15) is 0 Å². The van der Waals surface area contributed by atoms with E-state index in [2.05, 4.69) is 12.1 Å². The summed E-state index contributed by atoms with van der Waals surface area (Å²) < 4.78 is 11.7. The summed E-state index contributed by atoms with van der Waals surface area (Å²) >= 11 is 0. The Morgan fingerprint density at radius 2 is 1.80 bits per heavy atom. The second-order valence-electron chi connectivity index (χ2n) is 7.71. The molecule has 6 nitrogen and oxygen atoms in total. The number of hydrogen-bond acceptors (Lipinski definition) is 4. The number of carboxylic acids is 1. The van der Waals surface area contributed by atoms with E-state index < -0.39 is 12.0 Å². The predicted octanol–water partition coefficient (Wildman–Crippen LogP) is 3.73. The highest BCUT2D eigenvalue weighted by Gasteiger charge is 2.39. The Hall–Kier alpha value is -3.28. The second-order valence-corrected chi connectivity index (χ2v) is 7.71. The maximum absolute atomic E-state index is 12.7. The maximum Gasteiger partial charge on any atom is 0.326 e. The average molecular weight is 407 g/mol. The van der Waals surface area contributed by atoms with Gasteiger partial charge in [0.05, 0.1) is 12.5 Å². The molecule has 2 aliphatic heterocycles. The highest BCUT2D eigenvalue weighted by Crippen LogP contribution is 2.29. The van der Waals surface area contributed by atoms with Crippen molar-refractivity contribution in [3.05, 3.63) is 66.4 Å². The van der Waals surface area contributed by atoms with Crippen molar-refractivity contribution in [1.29, 1.82) is 0 Å². The molecular weight excluding hydrogens is 382 g/mol. The van der Waals surface area contributed by atoms with Gasteiger partial charge in [-0.15, -0.1) is 0 Å². The van der Waals surface area contributed by atoms with E-state index in [0.29, 0.717) is 26.0 Å². The summed E-state index contributed by atoms with van der Waals surface area (Å²) in [6, 6.07) is 17.3.